The fraction of sp³-hybridized carbons (Fsp3) is 1.00. The Balaban J connectivity index is 2.43. The molecule has 1 unspecified atom stereocenters. The first-order valence-electron chi connectivity index (χ1n) is 10.8. The summed E-state index contributed by atoms with van der Waals surface area (Å²) in [5.41, 5.74) is 0. The summed E-state index contributed by atoms with van der Waals surface area (Å²) >= 11 is 0. The molecule has 0 amide bonds. The van der Waals surface area contributed by atoms with Gasteiger partial charge >= 0.3 is 17.1 Å². The van der Waals surface area contributed by atoms with Crippen molar-refractivity contribution in [2.75, 3.05) is 52.7 Å². The van der Waals surface area contributed by atoms with Crippen LogP contribution < -0.4 is 0 Å². The largest absolute Gasteiger partial charge is 0.395 e. The van der Waals surface area contributed by atoms with Crippen LogP contribution in [-0.4, -0.2) is 80.8 Å². The first kappa shape index (κ1) is 25.2. The molecular formula is C19H43NO5Si2. The molecule has 0 aromatic rings. The van der Waals surface area contributed by atoms with E-state index in [-0.39, 0.29) is 0 Å². The summed E-state index contributed by atoms with van der Waals surface area (Å²) in [4.78, 5) is 2.54. The number of epoxide rings is 1. The smallest absolute Gasteiger partial charge is 0.334 e. The highest BCUT2D eigenvalue weighted by atomic mass is 28.4. The molecule has 1 aliphatic heterocycles. The van der Waals surface area contributed by atoms with Gasteiger partial charge in [-0.1, -0.05) is 0 Å². The first-order chi connectivity index (χ1) is 12.9. The Morgan fingerprint density at radius 1 is 0.778 bits per heavy atom. The highest BCUT2D eigenvalue weighted by molar-refractivity contribution is 6.66. The van der Waals surface area contributed by atoms with E-state index in [2.05, 4.69) is 45.7 Å². The average Bonchev–Trinajstić information content (AvgIpc) is 3.39. The van der Waals surface area contributed by atoms with Gasteiger partial charge in [-0.2, -0.15) is 0 Å². The van der Waals surface area contributed by atoms with Gasteiger partial charge in [0, 0.05) is 33.0 Å². The van der Waals surface area contributed by atoms with E-state index in [0.29, 0.717) is 6.10 Å². The second kappa shape index (κ2) is 13.4. The first-order valence-corrected chi connectivity index (χ1v) is 15.8. The topological polar surface area (TPSA) is 52.7 Å². The van der Waals surface area contributed by atoms with Crippen LogP contribution in [0.2, 0.25) is 25.2 Å². The molecule has 27 heavy (non-hydrogen) atoms. The fourth-order valence-corrected chi connectivity index (χ4v) is 8.38. The van der Waals surface area contributed by atoms with Gasteiger partial charge in [0.25, 0.3) is 0 Å². The number of ether oxygens (including phenoxy) is 1. The van der Waals surface area contributed by atoms with Crippen molar-refractivity contribution < 1.29 is 22.4 Å². The van der Waals surface area contributed by atoms with Crippen molar-refractivity contribution in [3.05, 3.63) is 0 Å². The Bertz CT molecular complexity index is 345. The second-order valence-electron chi connectivity index (χ2n) is 7.46. The SMILES string of the molecule is CCO[Si](C)(CCCN(CCC[Si](C)(OCC)OCC)CC1CO1)OCC. The molecular weight excluding hydrogens is 378 g/mol. The fourth-order valence-electron chi connectivity index (χ4n) is 3.60. The van der Waals surface area contributed by atoms with Gasteiger partial charge in [0.05, 0.1) is 12.7 Å². The maximum absolute atomic E-state index is 5.97. The molecule has 0 spiro atoms. The zero-order valence-corrected chi connectivity index (χ0v) is 20.6. The van der Waals surface area contributed by atoms with Crippen LogP contribution >= 0.6 is 0 Å². The van der Waals surface area contributed by atoms with Gasteiger partial charge in [0.15, 0.2) is 0 Å². The Labute approximate surface area is 169 Å². The van der Waals surface area contributed by atoms with Crippen LogP contribution in [0.1, 0.15) is 40.5 Å². The minimum atomic E-state index is -2.01. The molecule has 0 aliphatic carbocycles. The zero-order valence-electron chi connectivity index (χ0n) is 18.6. The number of nitrogens with zero attached hydrogens (tertiary/aromatic N) is 1. The van der Waals surface area contributed by atoms with Gasteiger partial charge in [-0.05, 0) is 78.8 Å². The number of hydrogen-bond acceptors (Lipinski definition) is 6. The zero-order chi connectivity index (χ0) is 20.2. The number of hydrogen-bond donors (Lipinski definition) is 0. The van der Waals surface area contributed by atoms with E-state index in [4.69, 9.17) is 22.4 Å². The van der Waals surface area contributed by atoms with Gasteiger partial charge < -0.3 is 27.3 Å². The second-order valence-corrected chi connectivity index (χ2v) is 14.2. The summed E-state index contributed by atoms with van der Waals surface area (Å²) in [7, 11) is -4.03. The standard InChI is InChI=1S/C19H43NO5Si2/c1-7-22-26(5,23-8-2)15-11-13-20(17-19-18-21-19)14-12-16-27(6,24-9-3)25-10-4/h19H,7-18H2,1-6H3. The van der Waals surface area contributed by atoms with Crippen molar-refractivity contribution in [3.8, 4) is 0 Å². The normalized spacial score (nSPS) is 17.7. The third-order valence-corrected chi connectivity index (χ3v) is 11.0. The lowest BCUT2D eigenvalue weighted by Crippen LogP contribution is -2.41. The highest BCUT2D eigenvalue weighted by Gasteiger charge is 2.32. The third-order valence-electron chi connectivity index (χ3n) is 4.87. The lowest BCUT2D eigenvalue weighted by Gasteiger charge is -2.29. The molecule has 1 atom stereocenters. The predicted molar refractivity (Wildman–Crippen MR) is 115 cm³/mol. The Morgan fingerprint density at radius 2 is 1.15 bits per heavy atom. The molecule has 1 saturated heterocycles. The van der Waals surface area contributed by atoms with Crippen LogP contribution in [-0.2, 0) is 22.4 Å². The van der Waals surface area contributed by atoms with Crippen molar-refractivity contribution in [3.63, 3.8) is 0 Å². The van der Waals surface area contributed by atoms with Crippen LogP contribution in [0.5, 0.6) is 0 Å². The Kier molecular flexibility index (Phi) is 12.5. The van der Waals surface area contributed by atoms with Crippen LogP contribution in [0.25, 0.3) is 0 Å². The molecule has 0 aromatic carbocycles. The van der Waals surface area contributed by atoms with Gasteiger partial charge in [-0.25, -0.2) is 0 Å². The summed E-state index contributed by atoms with van der Waals surface area (Å²) in [6.45, 7) is 19.6. The molecule has 1 fully saturated rings. The third kappa shape index (κ3) is 11.1. The van der Waals surface area contributed by atoms with E-state index >= 15 is 0 Å². The summed E-state index contributed by atoms with van der Waals surface area (Å²) in [5, 5.41) is 0. The van der Waals surface area contributed by atoms with E-state index in [1.165, 1.54) is 0 Å². The predicted octanol–water partition coefficient (Wildman–Crippen LogP) is 3.76. The van der Waals surface area contributed by atoms with Gasteiger partial charge in [-0.15, -0.1) is 0 Å². The molecule has 8 heteroatoms. The average molecular weight is 422 g/mol. The molecule has 0 saturated carbocycles. The highest BCUT2D eigenvalue weighted by Crippen LogP contribution is 2.20. The minimum absolute atomic E-state index is 0.426. The lowest BCUT2D eigenvalue weighted by atomic mass is 10.3. The molecule has 6 nitrogen and oxygen atoms in total. The van der Waals surface area contributed by atoms with E-state index in [9.17, 15) is 0 Å². The molecule has 0 N–H and O–H groups in total. The Hall–Kier alpha value is 0.194. The minimum Gasteiger partial charge on any atom is -0.395 e. The molecule has 1 aliphatic rings. The summed E-state index contributed by atoms with van der Waals surface area (Å²) in [6.07, 6.45) is 2.65. The van der Waals surface area contributed by atoms with Crippen LogP contribution in [0.4, 0.5) is 0 Å². The van der Waals surface area contributed by atoms with E-state index in [1.807, 2.05) is 0 Å². The summed E-state index contributed by atoms with van der Waals surface area (Å²) in [5.74, 6) is 0. The monoisotopic (exact) mass is 421 g/mol. The maximum Gasteiger partial charge on any atom is 0.334 e. The van der Waals surface area contributed by atoms with E-state index in [0.717, 1.165) is 77.6 Å². The molecule has 1 heterocycles. The molecule has 162 valence electrons. The Morgan fingerprint density at radius 3 is 1.44 bits per heavy atom. The summed E-state index contributed by atoms with van der Waals surface area (Å²) in [6, 6.07) is 2.09. The van der Waals surface area contributed by atoms with Crippen molar-refractivity contribution in [1.29, 1.82) is 0 Å². The quantitative estimate of drug-likeness (QED) is 0.248. The van der Waals surface area contributed by atoms with Crippen LogP contribution in [0.15, 0.2) is 0 Å². The maximum atomic E-state index is 5.97. The van der Waals surface area contributed by atoms with Crippen molar-refractivity contribution in [1.82, 2.24) is 4.90 Å². The van der Waals surface area contributed by atoms with Gasteiger partial charge in [-0.3, -0.25) is 0 Å². The molecule has 0 aromatic heterocycles. The van der Waals surface area contributed by atoms with Crippen molar-refractivity contribution in [2.45, 2.75) is 71.8 Å². The van der Waals surface area contributed by atoms with E-state index in [1.54, 1.807) is 0 Å². The molecule has 0 radical (unpaired) electrons. The molecule has 0 bridgehead atoms. The number of rotatable bonds is 18. The van der Waals surface area contributed by atoms with Crippen molar-refractivity contribution in [2.24, 2.45) is 0 Å². The summed E-state index contributed by atoms with van der Waals surface area (Å²) < 4.78 is 29.3. The van der Waals surface area contributed by atoms with Gasteiger partial charge in [0.2, 0.25) is 0 Å². The van der Waals surface area contributed by atoms with E-state index < -0.39 is 17.1 Å². The van der Waals surface area contributed by atoms with Crippen LogP contribution in [0.3, 0.4) is 0 Å². The molecule has 1 rings (SSSR count). The van der Waals surface area contributed by atoms with Crippen LogP contribution in [0, 0.1) is 0 Å². The van der Waals surface area contributed by atoms with Crippen molar-refractivity contribution >= 4 is 17.1 Å². The van der Waals surface area contributed by atoms with Gasteiger partial charge in [0.1, 0.15) is 0 Å². The lowest BCUT2D eigenvalue weighted by molar-refractivity contribution is 0.181.